The molecule has 2 aliphatic rings. The lowest BCUT2D eigenvalue weighted by Crippen LogP contribution is -2.61. The first-order valence-corrected chi connectivity index (χ1v) is 7.25. The van der Waals surface area contributed by atoms with E-state index in [4.69, 9.17) is 0 Å². The van der Waals surface area contributed by atoms with Crippen LogP contribution in [0, 0.1) is 5.92 Å². The molecule has 2 fully saturated rings. The normalized spacial score (nSPS) is 34.4. The monoisotopic (exact) mass is 239 g/mol. The van der Waals surface area contributed by atoms with Gasteiger partial charge in [0, 0.05) is 31.2 Å². The number of hydrogen-bond donors (Lipinski definition) is 1. The molecule has 0 radical (unpaired) electrons. The van der Waals surface area contributed by atoms with Crippen molar-refractivity contribution in [2.45, 2.75) is 51.7 Å². The Labute approximate surface area is 107 Å². The third kappa shape index (κ3) is 3.21. The summed E-state index contributed by atoms with van der Waals surface area (Å²) in [5.41, 5.74) is 0. The van der Waals surface area contributed by atoms with E-state index in [0.29, 0.717) is 6.04 Å². The van der Waals surface area contributed by atoms with Crippen LogP contribution in [0.15, 0.2) is 0 Å². The lowest BCUT2D eigenvalue weighted by atomic mass is 9.93. The fraction of sp³-hybridized carbons (Fsp3) is 1.00. The topological polar surface area (TPSA) is 18.5 Å². The van der Waals surface area contributed by atoms with Crippen molar-refractivity contribution in [1.29, 1.82) is 0 Å². The first-order valence-electron chi connectivity index (χ1n) is 7.25. The second kappa shape index (κ2) is 5.68. The van der Waals surface area contributed by atoms with Crippen molar-refractivity contribution in [2.24, 2.45) is 5.92 Å². The van der Waals surface area contributed by atoms with E-state index >= 15 is 0 Å². The molecule has 100 valence electrons. The van der Waals surface area contributed by atoms with Gasteiger partial charge in [-0.3, -0.25) is 4.90 Å². The fourth-order valence-electron chi connectivity index (χ4n) is 3.32. The molecule has 0 bridgehead atoms. The van der Waals surface area contributed by atoms with Crippen LogP contribution in [0.1, 0.15) is 33.6 Å². The SMILES string of the molecule is CC1CN(C2CCN(C)CC2)C(C(C)C)CN1. The highest BCUT2D eigenvalue weighted by Gasteiger charge is 2.34. The van der Waals surface area contributed by atoms with Crippen molar-refractivity contribution in [3.8, 4) is 0 Å². The number of piperidine rings is 1. The Morgan fingerprint density at radius 3 is 2.41 bits per heavy atom. The summed E-state index contributed by atoms with van der Waals surface area (Å²) < 4.78 is 0. The van der Waals surface area contributed by atoms with E-state index in [2.05, 4.69) is 42.9 Å². The molecule has 2 atom stereocenters. The highest BCUT2D eigenvalue weighted by atomic mass is 15.3. The molecule has 2 aliphatic heterocycles. The van der Waals surface area contributed by atoms with Crippen molar-refractivity contribution < 1.29 is 0 Å². The van der Waals surface area contributed by atoms with E-state index in [1.54, 1.807) is 0 Å². The minimum absolute atomic E-state index is 0.657. The number of hydrogen-bond acceptors (Lipinski definition) is 3. The van der Waals surface area contributed by atoms with E-state index in [1.807, 2.05) is 0 Å². The maximum Gasteiger partial charge on any atom is 0.0247 e. The van der Waals surface area contributed by atoms with Crippen LogP contribution in [0.2, 0.25) is 0 Å². The van der Waals surface area contributed by atoms with Crippen LogP contribution in [0.3, 0.4) is 0 Å². The summed E-state index contributed by atoms with van der Waals surface area (Å²) in [4.78, 5) is 5.27. The first-order chi connectivity index (χ1) is 8.08. The molecule has 17 heavy (non-hydrogen) atoms. The second-order valence-electron chi connectivity index (χ2n) is 6.35. The molecule has 0 aliphatic carbocycles. The summed E-state index contributed by atoms with van der Waals surface area (Å²) in [6.07, 6.45) is 2.71. The predicted molar refractivity (Wildman–Crippen MR) is 73.3 cm³/mol. The van der Waals surface area contributed by atoms with Gasteiger partial charge in [-0.25, -0.2) is 0 Å². The lowest BCUT2D eigenvalue weighted by molar-refractivity contribution is 0.0306. The molecular formula is C14H29N3. The lowest BCUT2D eigenvalue weighted by Gasteiger charge is -2.47. The molecule has 0 aromatic rings. The Balaban J connectivity index is 1.99. The van der Waals surface area contributed by atoms with Gasteiger partial charge in [0.2, 0.25) is 0 Å². The van der Waals surface area contributed by atoms with Crippen LogP contribution in [0.25, 0.3) is 0 Å². The second-order valence-corrected chi connectivity index (χ2v) is 6.35. The average Bonchev–Trinajstić information content (AvgIpc) is 2.29. The van der Waals surface area contributed by atoms with E-state index < -0.39 is 0 Å². The number of piperazine rings is 1. The zero-order valence-corrected chi connectivity index (χ0v) is 11.9. The third-order valence-electron chi connectivity index (χ3n) is 4.51. The molecule has 1 N–H and O–H groups in total. The Bertz CT molecular complexity index is 234. The van der Waals surface area contributed by atoms with Crippen LogP contribution in [-0.2, 0) is 0 Å². The zero-order valence-electron chi connectivity index (χ0n) is 11.9. The van der Waals surface area contributed by atoms with Gasteiger partial charge < -0.3 is 10.2 Å². The van der Waals surface area contributed by atoms with Gasteiger partial charge in [0.25, 0.3) is 0 Å². The minimum Gasteiger partial charge on any atom is -0.311 e. The van der Waals surface area contributed by atoms with Gasteiger partial charge in [-0.15, -0.1) is 0 Å². The van der Waals surface area contributed by atoms with Crippen molar-refractivity contribution in [3.05, 3.63) is 0 Å². The van der Waals surface area contributed by atoms with E-state index in [1.165, 1.54) is 39.0 Å². The Hall–Kier alpha value is -0.120. The highest BCUT2D eigenvalue weighted by Crippen LogP contribution is 2.23. The molecule has 2 saturated heterocycles. The molecule has 0 spiro atoms. The van der Waals surface area contributed by atoms with Gasteiger partial charge in [-0.05, 0) is 45.8 Å². The number of nitrogens with zero attached hydrogens (tertiary/aromatic N) is 2. The van der Waals surface area contributed by atoms with Crippen LogP contribution in [-0.4, -0.2) is 61.2 Å². The summed E-state index contributed by atoms with van der Waals surface area (Å²) in [7, 11) is 2.25. The van der Waals surface area contributed by atoms with E-state index in [0.717, 1.165) is 18.0 Å². The molecule has 0 aromatic heterocycles. The van der Waals surface area contributed by atoms with Gasteiger partial charge in [0.1, 0.15) is 0 Å². The van der Waals surface area contributed by atoms with Gasteiger partial charge in [0.05, 0.1) is 0 Å². The summed E-state index contributed by atoms with van der Waals surface area (Å²) in [5.74, 6) is 0.759. The van der Waals surface area contributed by atoms with Crippen LogP contribution >= 0.6 is 0 Å². The number of nitrogens with one attached hydrogen (secondary N) is 1. The molecule has 2 heterocycles. The predicted octanol–water partition coefficient (Wildman–Crippen LogP) is 1.40. The van der Waals surface area contributed by atoms with Crippen LogP contribution < -0.4 is 5.32 Å². The smallest absolute Gasteiger partial charge is 0.0247 e. The third-order valence-corrected chi connectivity index (χ3v) is 4.51. The van der Waals surface area contributed by atoms with Gasteiger partial charge in [-0.2, -0.15) is 0 Å². The fourth-order valence-corrected chi connectivity index (χ4v) is 3.32. The molecule has 0 saturated carbocycles. The van der Waals surface area contributed by atoms with Crippen molar-refractivity contribution in [3.63, 3.8) is 0 Å². The largest absolute Gasteiger partial charge is 0.311 e. The Kier molecular flexibility index (Phi) is 4.45. The highest BCUT2D eigenvalue weighted by molar-refractivity contribution is 4.91. The molecule has 2 unspecified atom stereocenters. The van der Waals surface area contributed by atoms with Crippen molar-refractivity contribution >= 4 is 0 Å². The van der Waals surface area contributed by atoms with Crippen molar-refractivity contribution in [2.75, 3.05) is 33.2 Å². The molecule has 2 rings (SSSR count). The molecule has 3 heteroatoms. The molecular weight excluding hydrogens is 210 g/mol. The number of likely N-dealkylation sites (tertiary alicyclic amines) is 1. The maximum absolute atomic E-state index is 3.64. The average molecular weight is 239 g/mol. The zero-order chi connectivity index (χ0) is 12.4. The van der Waals surface area contributed by atoms with E-state index in [9.17, 15) is 0 Å². The first kappa shape index (κ1) is 13.3. The molecule has 3 nitrogen and oxygen atoms in total. The molecule has 0 amide bonds. The Morgan fingerprint density at radius 1 is 1.18 bits per heavy atom. The van der Waals surface area contributed by atoms with Gasteiger partial charge in [-0.1, -0.05) is 13.8 Å². The quantitative estimate of drug-likeness (QED) is 0.786. The van der Waals surface area contributed by atoms with Crippen LogP contribution in [0.4, 0.5) is 0 Å². The van der Waals surface area contributed by atoms with Gasteiger partial charge in [0.15, 0.2) is 0 Å². The summed E-state index contributed by atoms with van der Waals surface area (Å²) in [6.45, 7) is 12.0. The van der Waals surface area contributed by atoms with Crippen LogP contribution in [0.5, 0.6) is 0 Å². The number of rotatable bonds is 2. The Morgan fingerprint density at radius 2 is 1.82 bits per heavy atom. The van der Waals surface area contributed by atoms with E-state index in [-0.39, 0.29) is 0 Å². The van der Waals surface area contributed by atoms with Crippen molar-refractivity contribution in [1.82, 2.24) is 15.1 Å². The molecule has 0 aromatic carbocycles. The minimum atomic E-state index is 0.657. The summed E-state index contributed by atoms with van der Waals surface area (Å²) >= 11 is 0. The summed E-state index contributed by atoms with van der Waals surface area (Å²) in [6, 6.07) is 2.22. The standard InChI is InChI=1S/C14H29N3/c1-11(2)14-9-15-12(3)10-17(14)13-5-7-16(4)8-6-13/h11-15H,5-10H2,1-4H3. The summed E-state index contributed by atoms with van der Waals surface area (Å²) in [5, 5.41) is 3.64. The maximum atomic E-state index is 3.64. The van der Waals surface area contributed by atoms with Gasteiger partial charge >= 0.3 is 0 Å².